The van der Waals surface area contributed by atoms with Crippen LogP contribution in [0.4, 0.5) is 0 Å². The average molecular weight is 228 g/mol. The molecule has 2 aliphatic rings. The van der Waals surface area contributed by atoms with Crippen molar-refractivity contribution in [3.8, 4) is 0 Å². The number of nitrogens with one attached hydrogen (secondary N) is 1. The van der Waals surface area contributed by atoms with Gasteiger partial charge in [-0.25, -0.2) is 0 Å². The number of carbonyl (C=O) groups excluding carboxylic acids is 1. The minimum atomic E-state index is 0.116. The van der Waals surface area contributed by atoms with E-state index in [1.165, 1.54) is 17.9 Å². The third kappa shape index (κ3) is 3.11. The molecule has 1 amide bonds. The second-order valence-corrected chi connectivity index (χ2v) is 5.68. The third-order valence-corrected chi connectivity index (χ3v) is 4.50. The zero-order chi connectivity index (χ0) is 10.7. The molecule has 0 spiro atoms. The van der Waals surface area contributed by atoms with Crippen LogP contribution in [0.5, 0.6) is 0 Å². The van der Waals surface area contributed by atoms with Crippen LogP contribution in [0.3, 0.4) is 0 Å². The lowest BCUT2D eigenvalue weighted by Gasteiger charge is -2.35. The molecular formula is C11H20N2OS. The van der Waals surface area contributed by atoms with Gasteiger partial charge in [0.1, 0.15) is 0 Å². The van der Waals surface area contributed by atoms with E-state index >= 15 is 0 Å². The Morgan fingerprint density at radius 1 is 1.33 bits per heavy atom. The standard InChI is InChI=1S/C11H20N2OS/c1-9(14)12-10-2-5-13(6-3-10)11-4-7-15-8-11/h10-11H,2-8H2,1H3,(H,12,14). The summed E-state index contributed by atoms with van der Waals surface area (Å²) in [5.41, 5.74) is 0. The molecule has 2 rings (SSSR count). The number of amides is 1. The lowest BCUT2D eigenvalue weighted by atomic mass is 10.0. The first kappa shape index (κ1) is 11.3. The molecule has 0 aromatic carbocycles. The molecule has 15 heavy (non-hydrogen) atoms. The van der Waals surface area contributed by atoms with Crippen LogP contribution in [0.1, 0.15) is 26.2 Å². The Bertz CT molecular complexity index is 221. The van der Waals surface area contributed by atoms with Gasteiger partial charge < -0.3 is 5.32 Å². The Morgan fingerprint density at radius 2 is 2.07 bits per heavy atom. The van der Waals surface area contributed by atoms with Crippen molar-refractivity contribution in [3.63, 3.8) is 0 Å². The summed E-state index contributed by atoms with van der Waals surface area (Å²) in [5.74, 6) is 2.76. The second-order valence-electron chi connectivity index (χ2n) is 4.53. The van der Waals surface area contributed by atoms with Crippen molar-refractivity contribution in [1.29, 1.82) is 0 Å². The fraction of sp³-hybridized carbons (Fsp3) is 0.909. The summed E-state index contributed by atoms with van der Waals surface area (Å²) in [4.78, 5) is 13.5. The Kier molecular flexibility index (Phi) is 3.92. The zero-order valence-corrected chi connectivity index (χ0v) is 10.2. The van der Waals surface area contributed by atoms with Crippen LogP contribution in [0, 0.1) is 0 Å². The summed E-state index contributed by atoms with van der Waals surface area (Å²) in [5, 5.41) is 3.02. The molecule has 2 heterocycles. The fourth-order valence-corrected chi connectivity index (χ4v) is 3.76. The van der Waals surface area contributed by atoms with Gasteiger partial charge in [-0.1, -0.05) is 0 Å². The summed E-state index contributed by atoms with van der Waals surface area (Å²) in [6.45, 7) is 3.94. The summed E-state index contributed by atoms with van der Waals surface area (Å²) < 4.78 is 0. The second kappa shape index (κ2) is 5.21. The quantitative estimate of drug-likeness (QED) is 0.768. The number of piperidine rings is 1. The van der Waals surface area contributed by atoms with E-state index in [1.807, 2.05) is 0 Å². The van der Waals surface area contributed by atoms with Gasteiger partial charge in [0.05, 0.1) is 0 Å². The molecule has 2 fully saturated rings. The van der Waals surface area contributed by atoms with Gasteiger partial charge in [0.25, 0.3) is 0 Å². The molecule has 1 atom stereocenters. The Labute approximate surface area is 96.0 Å². The third-order valence-electron chi connectivity index (χ3n) is 3.36. The fourth-order valence-electron chi connectivity index (χ4n) is 2.51. The molecule has 86 valence electrons. The first-order valence-corrected chi connectivity index (χ1v) is 7.00. The number of thioether (sulfide) groups is 1. The Balaban J connectivity index is 1.73. The minimum Gasteiger partial charge on any atom is -0.354 e. The lowest BCUT2D eigenvalue weighted by Crippen LogP contribution is -2.47. The largest absolute Gasteiger partial charge is 0.354 e. The highest BCUT2D eigenvalue weighted by atomic mass is 32.2. The van der Waals surface area contributed by atoms with E-state index in [4.69, 9.17) is 0 Å². The van der Waals surface area contributed by atoms with Gasteiger partial charge in [0.2, 0.25) is 5.91 Å². The first-order chi connectivity index (χ1) is 7.25. The molecule has 0 aromatic rings. The predicted octanol–water partition coefficient (Wildman–Crippen LogP) is 1.09. The molecular weight excluding hydrogens is 208 g/mol. The SMILES string of the molecule is CC(=O)NC1CCN(C2CCSC2)CC1. The molecule has 0 saturated carbocycles. The Hall–Kier alpha value is -0.220. The van der Waals surface area contributed by atoms with Crippen molar-refractivity contribution in [1.82, 2.24) is 10.2 Å². The van der Waals surface area contributed by atoms with Crippen LogP contribution in [-0.4, -0.2) is 47.5 Å². The van der Waals surface area contributed by atoms with Gasteiger partial charge >= 0.3 is 0 Å². The monoisotopic (exact) mass is 228 g/mol. The van der Waals surface area contributed by atoms with Crippen molar-refractivity contribution >= 4 is 17.7 Å². The number of carbonyl (C=O) groups is 1. The summed E-state index contributed by atoms with van der Waals surface area (Å²) in [6, 6.07) is 1.24. The molecule has 4 heteroatoms. The average Bonchev–Trinajstić information content (AvgIpc) is 2.71. The van der Waals surface area contributed by atoms with Gasteiger partial charge in [-0.15, -0.1) is 0 Å². The molecule has 0 aromatic heterocycles. The number of rotatable bonds is 2. The molecule has 3 nitrogen and oxygen atoms in total. The number of hydrogen-bond donors (Lipinski definition) is 1. The van der Waals surface area contributed by atoms with E-state index in [2.05, 4.69) is 22.0 Å². The predicted molar refractivity (Wildman–Crippen MR) is 64.1 cm³/mol. The van der Waals surface area contributed by atoms with Crippen molar-refractivity contribution in [2.75, 3.05) is 24.6 Å². The molecule has 1 unspecified atom stereocenters. The van der Waals surface area contributed by atoms with E-state index in [0.29, 0.717) is 6.04 Å². The maximum absolute atomic E-state index is 10.9. The van der Waals surface area contributed by atoms with Crippen LogP contribution in [-0.2, 0) is 4.79 Å². The van der Waals surface area contributed by atoms with E-state index in [-0.39, 0.29) is 5.91 Å². The van der Waals surface area contributed by atoms with Gasteiger partial charge in [0.15, 0.2) is 0 Å². The van der Waals surface area contributed by atoms with Crippen LogP contribution in [0.25, 0.3) is 0 Å². The summed E-state index contributed by atoms with van der Waals surface area (Å²) in [7, 11) is 0. The van der Waals surface area contributed by atoms with Gasteiger partial charge in [-0.05, 0) is 25.0 Å². The smallest absolute Gasteiger partial charge is 0.217 e. The van der Waals surface area contributed by atoms with Gasteiger partial charge in [-0.2, -0.15) is 11.8 Å². The van der Waals surface area contributed by atoms with Gasteiger partial charge in [-0.3, -0.25) is 9.69 Å². The highest BCUT2D eigenvalue weighted by Gasteiger charge is 2.27. The first-order valence-electron chi connectivity index (χ1n) is 5.84. The van der Waals surface area contributed by atoms with E-state index in [9.17, 15) is 4.79 Å². The van der Waals surface area contributed by atoms with E-state index in [0.717, 1.165) is 32.0 Å². The molecule has 2 aliphatic heterocycles. The summed E-state index contributed by atoms with van der Waals surface area (Å²) in [6.07, 6.45) is 3.61. The highest BCUT2D eigenvalue weighted by molar-refractivity contribution is 7.99. The van der Waals surface area contributed by atoms with Crippen molar-refractivity contribution < 1.29 is 4.79 Å². The highest BCUT2D eigenvalue weighted by Crippen LogP contribution is 2.24. The number of hydrogen-bond acceptors (Lipinski definition) is 3. The van der Waals surface area contributed by atoms with Crippen molar-refractivity contribution in [3.05, 3.63) is 0 Å². The molecule has 0 radical (unpaired) electrons. The van der Waals surface area contributed by atoms with E-state index in [1.54, 1.807) is 6.92 Å². The normalized spacial score (nSPS) is 29.3. The van der Waals surface area contributed by atoms with Crippen molar-refractivity contribution in [2.45, 2.75) is 38.3 Å². The number of nitrogens with zero attached hydrogens (tertiary/aromatic N) is 1. The zero-order valence-electron chi connectivity index (χ0n) is 9.37. The molecule has 0 bridgehead atoms. The van der Waals surface area contributed by atoms with Crippen LogP contribution < -0.4 is 5.32 Å². The topological polar surface area (TPSA) is 32.3 Å². The minimum absolute atomic E-state index is 0.116. The van der Waals surface area contributed by atoms with Crippen molar-refractivity contribution in [2.24, 2.45) is 0 Å². The lowest BCUT2D eigenvalue weighted by molar-refractivity contribution is -0.120. The van der Waals surface area contributed by atoms with Crippen LogP contribution in [0.15, 0.2) is 0 Å². The Morgan fingerprint density at radius 3 is 2.60 bits per heavy atom. The number of likely N-dealkylation sites (tertiary alicyclic amines) is 1. The van der Waals surface area contributed by atoms with Crippen LogP contribution >= 0.6 is 11.8 Å². The maximum atomic E-state index is 10.9. The molecule has 1 N–H and O–H groups in total. The summed E-state index contributed by atoms with van der Waals surface area (Å²) >= 11 is 2.08. The van der Waals surface area contributed by atoms with Crippen LogP contribution in [0.2, 0.25) is 0 Å². The van der Waals surface area contributed by atoms with Gasteiger partial charge in [0, 0.05) is 37.8 Å². The molecule has 2 saturated heterocycles. The molecule has 0 aliphatic carbocycles. The maximum Gasteiger partial charge on any atom is 0.217 e. The van der Waals surface area contributed by atoms with E-state index < -0.39 is 0 Å².